The van der Waals surface area contributed by atoms with Crippen molar-refractivity contribution in [2.45, 2.75) is 6.54 Å². The third kappa shape index (κ3) is 3.24. The second kappa shape index (κ2) is 6.16. The average molecular weight is 270 g/mol. The molecule has 3 heteroatoms. The Labute approximate surface area is 119 Å². The maximum atomic E-state index is 13.3. The summed E-state index contributed by atoms with van der Waals surface area (Å²) in [5, 5.41) is 3.36. The van der Waals surface area contributed by atoms with Crippen molar-refractivity contribution in [2.75, 3.05) is 26.2 Å². The van der Waals surface area contributed by atoms with Crippen molar-refractivity contribution in [3.63, 3.8) is 0 Å². The average Bonchev–Trinajstić information content (AvgIpc) is 2.49. The van der Waals surface area contributed by atoms with Crippen LogP contribution in [-0.4, -0.2) is 31.1 Å². The molecule has 0 spiro atoms. The first-order valence-electron chi connectivity index (χ1n) is 7.09. The third-order valence-electron chi connectivity index (χ3n) is 3.70. The van der Waals surface area contributed by atoms with Crippen LogP contribution < -0.4 is 5.32 Å². The summed E-state index contributed by atoms with van der Waals surface area (Å²) in [5.41, 5.74) is 3.30. The molecule has 1 N–H and O–H groups in total. The number of piperazine rings is 1. The lowest BCUT2D eigenvalue weighted by molar-refractivity contribution is 0.233. The van der Waals surface area contributed by atoms with Crippen LogP contribution in [0.5, 0.6) is 0 Å². The number of nitrogens with one attached hydrogen (secondary N) is 1. The summed E-state index contributed by atoms with van der Waals surface area (Å²) < 4.78 is 13.3. The number of rotatable bonds is 3. The van der Waals surface area contributed by atoms with E-state index in [9.17, 15) is 4.39 Å². The Morgan fingerprint density at radius 1 is 0.950 bits per heavy atom. The molecule has 2 aromatic rings. The maximum Gasteiger partial charge on any atom is 0.123 e. The quantitative estimate of drug-likeness (QED) is 0.922. The fraction of sp³-hybridized carbons (Fsp3) is 0.294. The molecule has 1 aliphatic heterocycles. The van der Waals surface area contributed by atoms with Crippen LogP contribution in [0.2, 0.25) is 0 Å². The van der Waals surface area contributed by atoms with E-state index in [4.69, 9.17) is 0 Å². The zero-order chi connectivity index (χ0) is 13.8. The Hall–Kier alpha value is -1.71. The first kappa shape index (κ1) is 13.3. The largest absolute Gasteiger partial charge is 0.314 e. The van der Waals surface area contributed by atoms with Crippen LogP contribution in [0.25, 0.3) is 11.1 Å². The highest BCUT2D eigenvalue weighted by Crippen LogP contribution is 2.21. The number of benzene rings is 2. The van der Waals surface area contributed by atoms with E-state index in [-0.39, 0.29) is 5.82 Å². The van der Waals surface area contributed by atoms with Gasteiger partial charge in [0.15, 0.2) is 0 Å². The SMILES string of the molecule is Fc1cccc(-c2cccc(CN3CCNCC3)c2)c1. The van der Waals surface area contributed by atoms with Gasteiger partial charge in [-0.15, -0.1) is 0 Å². The lowest BCUT2D eigenvalue weighted by atomic mass is 10.0. The predicted molar refractivity (Wildman–Crippen MR) is 80.0 cm³/mol. The van der Waals surface area contributed by atoms with E-state index in [1.165, 1.54) is 11.6 Å². The van der Waals surface area contributed by atoms with Crippen molar-refractivity contribution in [3.05, 3.63) is 59.9 Å². The van der Waals surface area contributed by atoms with Gasteiger partial charge < -0.3 is 5.32 Å². The Morgan fingerprint density at radius 2 is 1.65 bits per heavy atom. The molecule has 0 aliphatic carbocycles. The zero-order valence-electron chi connectivity index (χ0n) is 11.5. The highest BCUT2D eigenvalue weighted by atomic mass is 19.1. The minimum atomic E-state index is -0.185. The topological polar surface area (TPSA) is 15.3 Å². The standard InChI is InChI=1S/C17H19FN2/c18-17-6-2-5-16(12-17)15-4-1-3-14(11-15)13-20-9-7-19-8-10-20/h1-6,11-12,19H,7-10,13H2. The summed E-state index contributed by atoms with van der Waals surface area (Å²) in [6.07, 6.45) is 0. The van der Waals surface area contributed by atoms with Crippen LogP contribution >= 0.6 is 0 Å². The smallest absolute Gasteiger partial charge is 0.123 e. The molecule has 0 unspecified atom stereocenters. The fourth-order valence-corrected chi connectivity index (χ4v) is 2.64. The summed E-state index contributed by atoms with van der Waals surface area (Å²) in [5.74, 6) is -0.185. The molecule has 20 heavy (non-hydrogen) atoms. The van der Waals surface area contributed by atoms with Gasteiger partial charge in [-0.25, -0.2) is 4.39 Å². The van der Waals surface area contributed by atoms with E-state index < -0.39 is 0 Å². The van der Waals surface area contributed by atoms with Crippen LogP contribution in [0.4, 0.5) is 4.39 Å². The summed E-state index contributed by atoms with van der Waals surface area (Å²) in [6, 6.07) is 15.2. The van der Waals surface area contributed by atoms with Crippen LogP contribution in [0, 0.1) is 5.82 Å². The molecular formula is C17H19FN2. The molecule has 1 fully saturated rings. The summed E-state index contributed by atoms with van der Waals surface area (Å²) in [4.78, 5) is 2.45. The summed E-state index contributed by atoms with van der Waals surface area (Å²) >= 11 is 0. The minimum Gasteiger partial charge on any atom is -0.314 e. The van der Waals surface area contributed by atoms with Crippen LogP contribution in [-0.2, 0) is 6.54 Å². The van der Waals surface area contributed by atoms with Gasteiger partial charge in [-0.3, -0.25) is 4.90 Å². The van der Waals surface area contributed by atoms with E-state index in [0.29, 0.717) is 0 Å². The number of hydrogen-bond donors (Lipinski definition) is 1. The molecule has 0 radical (unpaired) electrons. The lowest BCUT2D eigenvalue weighted by Gasteiger charge is -2.27. The molecule has 0 bridgehead atoms. The molecule has 0 amide bonds. The van der Waals surface area contributed by atoms with Crippen molar-refractivity contribution < 1.29 is 4.39 Å². The molecule has 2 aromatic carbocycles. The van der Waals surface area contributed by atoms with Gasteiger partial charge in [-0.2, -0.15) is 0 Å². The van der Waals surface area contributed by atoms with E-state index >= 15 is 0 Å². The molecule has 3 rings (SSSR count). The van der Waals surface area contributed by atoms with E-state index in [0.717, 1.165) is 43.9 Å². The van der Waals surface area contributed by atoms with E-state index in [1.54, 1.807) is 12.1 Å². The Balaban J connectivity index is 1.78. The molecule has 1 saturated heterocycles. The molecule has 0 atom stereocenters. The highest BCUT2D eigenvalue weighted by molar-refractivity contribution is 5.64. The van der Waals surface area contributed by atoms with Crippen molar-refractivity contribution >= 4 is 0 Å². The zero-order valence-corrected chi connectivity index (χ0v) is 11.5. The minimum absolute atomic E-state index is 0.185. The molecule has 0 aromatic heterocycles. The second-order valence-electron chi connectivity index (χ2n) is 5.24. The normalized spacial score (nSPS) is 16.2. The van der Waals surface area contributed by atoms with Crippen LogP contribution in [0.15, 0.2) is 48.5 Å². The number of halogens is 1. The number of nitrogens with zero attached hydrogens (tertiary/aromatic N) is 1. The van der Waals surface area contributed by atoms with Crippen LogP contribution in [0.3, 0.4) is 0 Å². The third-order valence-corrected chi connectivity index (χ3v) is 3.70. The lowest BCUT2D eigenvalue weighted by Crippen LogP contribution is -2.42. The Bertz CT molecular complexity index is 577. The monoisotopic (exact) mass is 270 g/mol. The van der Waals surface area contributed by atoms with Gasteiger partial charge >= 0.3 is 0 Å². The molecule has 0 saturated carbocycles. The van der Waals surface area contributed by atoms with Gasteiger partial charge in [0.05, 0.1) is 0 Å². The van der Waals surface area contributed by atoms with Gasteiger partial charge in [-0.05, 0) is 34.9 Å². The predicted octanol–water partition coefficient (Wildman–Crippen LogP) is 2.90. The van der Waals surface area contributed by atoms with Crippen molar-refractivity contribution in [2.24, 2.45) is 0 Å². The van der Waals surface area contributed by atoms with E-state index in [1.807, 2.05) is 12.1 Å². The first-order chi connectivity index (χ1) is 9.81. The molecule has 104 valence electrons. The fourth-order valence-electron chi connectivity index (χ4n) is 2.64. The second-order valence-corrected chi connectivity index (χ2v) is 5.24. The molecule has 2 nitrogen and oxygen atoms in total. The van der Waals surface area contributed by atoms with Crippen molar-refractivity contribution in [1.82, 2.24) is 10.2 Å². The molecule has 1 aliphatic rings. The molecular weight excluding hydrogens is 251 g/mol. The van der Waals surface area contributed by atoms with Crippen molar-refractivity contribution in [1.29, 1.82) is 0 Å². The Morgan fingerprint density at radius 3 is 2.40 bits per heavy atom. The number of hydrogen-bond acceptors (Lipinski definition) is 2. The summed E-state index contributed by atoms with van der Waals surface area (Å²) in [7, 11) is 0. The first-order valence-corrected chi connectivity index (χ1v) is 7.09. The Kier molecular flexibility index (Phi) is 4.09. The van der Waals surface area contributed by atoms with Crippen molar-refractivity contribution in [3.8, 4) is 11.1 Å². The highest BCUT2D eigenvalue weighted by Gasteiger charge is 2.10. The van der Waals surface area contributed by atoms with Gasteiger partial charge in [0.25, 0.3) is 0 Å². The van der Waals surface area contributed by atoms with E-state index in [2.05, 4.69) is 28.4 Å². The maximum absolute atomic E-state index is 13.3. The summed E-state index contributed by atoms with van der Waals surface area (Å²) in [6.45, 7) is 5.26. The van der Waals surface area contributed by atoms with Gasteiger partial charge in [0, 0.05) is 32.7 Å². The van der Waals surface area contributed by atoms with Gasteiger partial charge in [0.2, 0.25) is 0 Å². The van der Waals surface area contributed by atoms with Gasteiger partial charge in [-0.1, -0.05) is 30.3 Å². The van der Waals surface area contributed by atoms with Crippen LogP contribution in [0.1, 0.15) is 5.56 Å². The molecule has 1 heterocycles. The van der Waals surface area contributed by atoms with Gasteiger partial charge in [0.1, 0.15) is 5.82 Å².